The highest BCUT2D eigenvalue weighted by molar-refractivity contribution is 5.86. The van der Waals surface area contributed by atoms with Crippen molar-refractivity contribution in [2.24, 2.45) is 17.6 Å². The number of fused-ring (bicyclic) bond motifs is 2. The van der Waals surface area contributed by atoms with Crippen molar-refractivity contribution >= 4 is 5.78 Å². The van der Waals surface area contributed by atoms with Crippen LogP contribution in [0.5, 0.6) is 0 Å². The van der Waals surface area contributed by atoms with Crippen LogP contribution in [0, 0.1) is 11.8 Å². The van der Waals surface area contributed by atoms with Crippen LogP contribution in [0.1, 0.15) is 25.7 Å². The van der Waals surface area contributed by atoms with Crippen LogP contribution >= 0.6 is 0 Å². The van der Waals surface area contributed by atoms with Crippen LogP contribution in [0.15, 0.2) is 0 Å². The topological polar surface area (TPSA) is 43.1 Å². The molecule has 0 aromatic carbocycles. The van der Waals surface area contributed by atoms with Crippen LogP contribution in [-0.4, -0.2) is 11.8 Å². The van der Waals surface area contributed by atoms with E-state index in [1.807, 2.05) is 0 Å². The Hall–Kier alpha value is -0.370. The summed E-state index contributed by atoms with van der Waals surface area (Å²) in [6.45, 7) is 0. The molecule has 0 aromatic rings. The maximum Gasteiger partial charge on any atom is 0.139 e. The van der Waals surface area contributed by atoms with Crippen molar-refractivity contribution in [2.75, 3.05) is 0 Å². The van der Waals surface area contributed by atoms with Crippen LogP contribution in [0.25, 0.3) is 0 Å². The second-order valence-electron chi connectivity index (χ2n) is 3.61. The van der Waals surface area contributed by atoms with Gasteiger partial charge in [-0.25, -0.2) is 0 Å². The van der Waals surface area contributed by atoms with Gasteiger partial charge in [-0.1, -0.05) is 0 Å². The number of ketones is 1. The first-order chi connectivity index (χ1) is 4.77. The van der Waals surface area contributed by atoms with Crippen molar-refractivity contribution in [3.05, 3.63) is 0 Å². The zero-order valence-electron chi connectivity index (χ0n) is 6.05. The van der Waals surface area contributed by atoms with Gasteiger partial charge in [-0.2, -0.15) is 0 Å². The van der Waals surface area contributed by atoms with Crippen molar-refractivity contribution < 1.29 is 4.79 Å². The number of rotatable bonds is 0. The molecule has 2 heteroatoms. The third-order valence-electron chi connectivity index (χ3n) is 2.84. The van der Waals surface area contributed by atoms with E-state index in [4.69, 9.17) is 5.73 Å². The van der Waals surface area contributed by atoms with E-state index in [1.165, 1.54) is 0 Å². The molecular formula is C8H13NO. The molecule has 2 atom stereocenters. The molecule has 10 heavy (non-hydrogen) atoms. The summed E-state index contributed by atoms with van der Waals surface area (Å²) in [6.07, 6.45) is 4.12. The van der Waals surface area contributed by atoms with Gasteiger partial charge in [0.2, 0.25) is 0 Å². The Morgan fingerprint density at radius 3 is 2.20 bits per heavy atom. The third-order valence-corrected chi connectivity index (χ3v) is 2.84. The van der Waals surface area contributed by atoms with Gasteiger partial charge < -0.3 is 5.73 Å². The Kier molecular flexibility index (Phi) is 1.31. The lowest BCUT2D eigenvalue weighted by Gasteiger charge is -2.22. The predicted octanol–water partition coefficient (Wildman–Crippen LogP) is 0.703. The monoisotopic (exact) mass is 139 g/mol. The molecule has 0 aliphatic heterocycles. The number of carbonyl (C=O) groups excluding carboxylic acids is 1. The number of Topliss-reactive ketones (excluding diaryl/α,β-unsaturated/α-hetero) is 1. The van der Waals surface area contributed by atoms with E-state index in [-0.39, 0.29) is 0 Å². The average molecular weight is 139 g/mol. The zero-order chi connectivity index (χ0) is 7.14. The molecule has 2 rings (SSSR count). The number of hydrogen-bond donors (Lipinski definition) is 1. The van der Waals surface area contributed by atoms with Gasteiger partial charge in [0, 0.05) is 17.9 Å². The van der Waals surface area contributed by atoms with E-state index in [1.54, 1.807) is 0 Å². The van der Waals surface area contributed by atoms with Gasteiger partial charge in [0.05, 0.1) is 0 Å². The second kappa shape index (κ2) is 2.06. The summed E-state index contributed by atoms with van der Waals surface area (Å²) in [7, 11) is 0. The highest BCUT2D eigenvalue weighted by atomic mass is 16.1. The van der Waals surface area contributed by atoms with Gasteiger partial charge in [0.15, 0.2) is 0 Å². The first-order valence-electron chi connectivity index (χ1n) is 4.06. The predicted molar refractivity (Wildman–Crippen MR) is 38.4 cm³/mol. The van der Waals surface area contributed by atoms with E-state index < -0.39 is 0 Å². The van der Waals surface area contributed by atoms with E-state index in [2.05, 4.69) is 0 Å². The van der Waals surface area contributed by atoms with Gasteiger partial charge in [0.25, 0.3) is 0 Å². The first kappa shape index (κ1) is 6.35. The second-order valence-corrected chi connectivity index (χ2v) is 3.61. The molecule has 0 radical (unpaired) electrons. The minimum atomic E-state index is 0.315. The van der Waals surface area contributed by atoms with E-state index in [0.717, 1.165) is 25.7 Å². The Balaban J connectivity index is 2.16. The Labute approximate surface area is 60.8 Å². The normalized spacial score (nSPS) is 46.1. The molecule has 2 unspecified atom stereocenters. The molecule has 2 aliphatic carbocycles. The Morgan fingerprint density at radius 2 is 1.70 bits per heavy atom. The van der Waals surface area contributed by atoms with E-state index in [9.17, 15) is 4.79 Å². The van der Waals surface area contributed by atoms with Gasteiger partial charge in [-0.3, -0.25) is 4.79 Å². The van der Waals surface area contributed by atoms with Crippen molar-refractivity contribution in [1.82, 2.24) is 0 Å². The van der Waals surface area contributed by atoms with Gasteiger partial charge in [-0.15, -0.1) is 0 Å². The quantitative estimate of drug-likeness (QED) is 0.537. The minimum absolute atomic E-state index is 0.315. The van der Waals surface area contributed by atoms with Crippen molar-refractivity contribution in [2.45, 2.75) is 31.7 Å². The molecule has 2 fully saturated rings. The number of nitrogens with two attached hydrogens (primary N) is 1. The summed E-state index contributed by atoms with van der Waals surface area (Å²) in [5.41, 5.74) is 5.77. The van der Waals surface area contributed by atoms with Crippen molar-refractivity contribution in [1.29, 1.82) is 0 Å². The summed E-state index contributed by atoms with van der Waals surface area (Å²) in [4.78, 5) is 11.3. The Bertz CT molecular complexity index is 151. The average Bonchev–Trinajstić information content (AvgIpc) is 2.20. The fourth-order valence-corrected chi connectivity index (χ4v) is 2.32. The molecule has 0 spiro atoms. The maximum absolute atomic E-state index is 11.3. The summed E-state index contributed by atoms with van der Waals surface area (Å²) >= 11 is 0. The van der Waals surface area contributed by atoms with Crippen LogP contribution in [0.4, 0.5) is 0 Å². The Morgan fingerprint density at radius 1 is 1.20 bits per heavy atom. The molecule has 2 saturated carbocycles. The van der Waals surface area contributed by atoms with E-state index in [0.29, 0.717) is 23.7 Å². The van der Waals surface area contributed by atoms with E-state index >= 15 is 0 Å². The van der Waals surface area contributed by atoms with Crippen LogP contribution < -0.4 is 5.73 Å². The SMILES string of the molecule is NC1CC2CCC(C1)C2=O. The lowest BCUT2D eigenvalue weighted by molar-refractivity contribution is -0.126. The summed E-state index contributed by atoms with van der Waals surface area (Å²) in [5.74, 6) is 1.18. The molecule has 2 bridgehead atoms. The molecule has 2 N–H and O–H groups in total. The van der Waals surface area contributed by atoms with Crippen LogP contribution in [0.3, 0.4) is 0 Å². The third kappa shape index (κ3) is 0.788. The summed E-state index contributed by atoms with van der Waals surface area (Å²) < 4.78 is 0. The van der Waals surface area contributed by atoms with Gasteiger partial charge >= 0.3 is 0 Å². The minimum Gasteiger partial charge on any atom is -0.328 e. The number of carbonyl (C=O) groups is 1. The van der Waals surface area contributed by atoms with Crippen molar-refractivity contribution in [3.63, 3.8) is 0 Å². The zero-order valence-corrected chi connectivity index (χ0v) is 6.05. The molecule has 2 nitrogen and oxygen atoms in total. The summed E-state index contributed by atoms with van der Waals surface area (Å²) in [6, 6.07) is 0.315. The highest BCUT2D eigenvalue weighted by Crippen LogP contribution is 2.38. The number of hydrogen-bond acceptors (Lipinski definition) is 2. The maximum atomic E-state index is 11.3. The largest absolute Gasteiger partial charge is 0.328 e. The first-order valence-corrected chi connectivity index (χ1v) is 4.06. The molecule has 0 amide bonds. The lowest BCUT2D eigenvalue weighted by Crippen LogP contribution is -2.34. The smallest absolute Gasteiger partial charge is 0.139 e. The summed E-state index contributed by atoms with van der Waals surface area (Å²) in [5, 5.41) is 0. The molecule has 2 aliphatic rings. The van der Waals surface area contributed by atoms with Gasteiger partial charge in [-0.05, 0) is 25.7 Å². The van der Waals surface area contributed by atoms with Gasteiger partial charge in [0.1, 0.15) is 5.78 Å². The molecular weight excluding hydrogens is 126 g/mol. The fourth-order valence-electron chi connectivity index (χ4n) is 2.32. The molecule has 0 heterocycles. The standard InChI is InChI=1S/C8H13NO/c9-7-3-5-1-2-6(4-7)8(5)10/h5-7H,1-4,9H2. The fraction of sp³-hybridized carbons (Fsp3) is 0.875. The van der Waals surface area contributed by atoms with Crippen LogP contribution in [0.2, 0.25) is 0 Å². The molecule has 0 aromatic heterocycles. The molecule has 56 valence electrons. The highest BCUT2D eigenvalue weighted by Gasteiger charge is 2.39. The van der Waals surface area contributed by atoms with Crippen molar-refractivity contribution in [3.8, 4) is 0 Å². The van der Waals surface area contributed by atoms with Crippen LogP contribution in [-0.2, 0) is 4.79 Å². The lowest BCUT2D eigenvalue weighted by atomic mass is 9.85. The molecule has 0 saturated heterocycles.